The van der Waals surface area contributed by atoms with Gasteiger partial charge in [0.25, 0.3) is 5.56 Å². The molecule has 0 amide bonds. The first-order chi connectivity index (χ1) is 12.2. The molecule has 148 valence electrons. The number of rotatable bonds is 11. The van der Waals surface area contributed by atoms with Gasteiger partial charge in [-0.25, -0.2) is 4.79 Å². The fraction of sp³-hybridized carbons (Fsp3) is 0.750. The van der Waals surface area contributed by atoms with E-state index < -0.39 is 5.41 Å². The summed E-state index contributed by atoms with van der Waals surface area (Å²) in [6.45, 7) is 11.2. The molecule has 0 saturated carbocycles. The molecule has 1 N–H and O–H groups in total. The van der Waals surface area contributed by atoms with E-state index in [4.69, 9.17) is 4.74 Å². The average Bonchev–Trinajstić information content (AvgIpc) is 2.55. The molecule has 1 rings (SSSR count). The second kappa shape index (κ2) is 10.3. The Morgan fingerprint density at radius 2 is 1.81 bits per heavy atom. The lowest BCUT2D eigenvalue weighted by molar-refractivity contribution is -0.159. The number of carbonyl (C=O) groups excluding carboxylic acids is 1. The molecule has 0 aliphatic carbocycles. The predicted molar refractivity (Wildman–Crippen MR) is 103 cm³/mol. The van der Waals surface area contributed by atoms with Crippen LogP contribution in [-0.4, -0.2) is 22.1 Å². The summed E-state index contributed by atoms with van der Waals surface area (Å²) >= 11 is 0. The molecular formula is C20H34N2O4. The van der Waals surface area contributed by atoms with E-state index in [2.05, 4.69) is 32.7 Å². The molecule has 26 heavy (non-hydrogen) atoms. The Labute approximate surface area is 156 Å². The van der Waals surface area contributed by atoms with Gasteiger partial charge in [0.05, 0.1) is 12.0 Å². The van der Waals surface area contributed by atoms with E-state index in [0.717, 1.165) is 32.1 Å². The van der Waals surface area contributed by atoms with Crippen molar-refractivity contribution in [1.29, 1.82) is 0 Å². The zero-order chi connectivity index (χ0) is 19.7. The van der Waals surface area contributed by atoms with Crippen molar-refractivity contribution in [2.24, 2.45) is 17.3 Å². The quantitative estimate of drug-likeness (QED) is 0.481. The number of hydrogen-bond acceptors (Lipinski definition) is 4. The van der Waals surface area contributed by atoms with Crippen molar-refractivity contribution >= 4 is 5.97 Å². The zero-order valence-corrected chi connectivity index (χ0v) is 16.8. The highest BCUT2D eigenvalue weighted by Gasteiger charge is 2.38. The van der Waals surface area contributed by atoms with Crippen LogP contribution in [0.4, 0.5) is 0 Å². The lowest BCUT2D eigenvalue weighted by Crippen LogP contribution is -2.36. The molecule has 0 aromatic carbocycles. The van der Waals surface area contributed by atoms with Gasteiger partial charge in [-0.1, -0.05) is 34.1 Å². The van der Waals surface area contributed by atoms with Crippen molar-refractivity contribution in [3.8, 4) is 0 Å². The molecule has 0 aliphatic rings. The van der Waals surface area contributed by atoms with Gasteiger partial charge in [-0.3, -0.25) is 14.2 Å². The number of nitrogens with one attached hydrogen (secondary N) is 1. The Morgan fingerprint density at radius 1 is 1.15 bits per heavy atom. The lowest BCUT2D eigenvalue weighted by atomic mass is 9.73. The molecular weight excluding hydrogens is 332 g/mol. The van der Waals surface area contributed by atoms with Crippen LogP contribution in [0.3, 0.4) is 0 Å². The fourth-order valence-corrected chi connectivity index (χ4v) is 3.12. The van der Waals surface area contributed by atoms with E-state index in [1.807, 2.05) is 6.92 Å². The number of H-pyrrole nitrogens is 1. The van der Waals surface area contributed by atoms with Gasteiger partial charge in [0.2, 0.25) is 0 Å². The second-order valence-electron chi connectivity index (χ2n) is 7.99. The Hall–Kier alpha value is -1.85. The number of aromatic amines is 1. The Balaban J connectivity index is 2.31. The molecule has 0 spiro atoms. The van der Waals surface area contributed by atoms with Crippen LogP contribution in [0.1, 0.15) is 66.7 Å². The van der Waals surface area contributed by atoms with E-state index >= 15 is 0 Å². The van der Waals surface area contributed by atoms with Gasteiger partial charge < -0.3 is 9.72 Å². The van der Waals surface area contributed by atoms with Crippen molar-refractivity contribution in [3.05, 3.63) is 33.1 Å². The fourth-order valence-electron chi connectivity index (χ4n) is 3.12. The van der Waals surface area contributed by atoms with Gasteiger partial charge >= 0.3 is 11.7 Å². The summed E-state index contributed by atoms with van der Waals surface area (Å²) in [5, 5.41) is 0. The van der Waals surface area contributed by atoms with Crippen LogP contribution in [-0.2, 0) is 16.1 Å². The number of aromatic nitrogens is 2. The van der Waals surface area contributed by atoms with Crippen LogP contribution in [0.2, 0.25) is 0 Å². The molecule has 1 unspecified atom stereocenters. The Morgan fingerprint density at radius 3 is 2.38 bits per heavy atom. The van der Waals surface area contributed by atoms with Crippen molar-refractivity contribution in [1.82, 2.24) is 9.55 Å². The van der Waals surface area contributed by atoms with Crippen LogP contribution in [0.25, 0.3) is 0 Å². The first kappa shape index (κ1) is 22.2. The van der Waals surface area contributed by atoms with Crippen LogP contribution < -0.4 is 11.2 Å². The van der Waals surface area contributed by atoms with Gasteiger partial charge in [0.1, 0.15) is 0 Å². The molecule has 0 radical (unpaired) electrons. The molecule has 1 heterocycles. The van der Waals surface area contributed by atoms with Crippen molar-refractivity contribution in [2.45, 2.75) is 73.3 Å². The first-order valence-electron chi connectivity index (χ1n) is 9.64. The lowest BCUT2D eigenvalue weighted by Gasteiger charge is -2.32. The zero-order valence-electron chi connectivity index (χ0n) is 16.8. The Kier molecular flexibility index (Phi) is 8.82. The summed E-state index contributed by atoms with van der Waals surface area (Å²) in [7, 11) is 0. The van der Waals surface area contributed by atoms with Gasteiger partial charge in [-0.15, -0.1) is 0 Å². The summed E-state index contributed by atoms with van der Waals surface area (Å²) in [5.74, 6) is 0.572. The van der Waals surface area contributed by atoms with Gasteiger partial charge in [0.15, 0.2) is 0 Å². The van der Waals surface area contributed by atoms with Crippen LogP contribution >= 0.6 is 0 Å². The minimum atomic E-state index is -0.441. The van der Waals surface area contributed by atoms with Crippen molar-refractivity contribution in [3.63, 3.8) is 0 Å². The highest BCUT2D eigenvalue weighted by molar-refractivity contribution is 5.76. The van der Waals surface area contributed by atoms with Crippen LogP contribution in [0.5, 0.6) is 0 Å². The highest BCUT2D eigenvalue weighted by atomic mass is 16.5. The molecule has 1 atom stereocenters. The maximum atomic E-state index is 12.5. The minimum absolute atomic E-state index is 0.108. The van der Waals surface area contributed by atoms with E-state index in [1.54, 1.807) is 0 Å². The smallest absolute Gasteiger partial charge is 0.328 e. The van der Waals surface area contributed by atoms with Crippen molar-refractivity contribution in [2.75, 3.05) is 6.61 Å². The third kappa shape index (κ3) is 6.46. The molecule has 6 nitrogen and oxygen atoms in total. The molecule has 0 fully saturated rings. The molecule has 0 saturated heterocycles. The largest absolute Gasteiger partial charge is 0.465 e. The van der Waals surface area contributed by atoms with E-state index in [-0.39, 0.29) is 23.1 Å². The maximum absolute atomic E-state index is 12.5. The van der Waals surface area contributed by atoms with Gasteiger partial charge in [-0.05, 0) is 44.4 Å². The summed E-state index contributed by atoms with van der Waals surface area (Å²) in [4.78, 5) is 38.1. The molecule has 0 bridgehead atoms. The number of carbonyl (C=O) groups is 1. The van der Waals surface area contributed by atoms with Crippen molar-refractivity contribution < 1.29 is 9.53 Å². The molecule has 6 heteroatoms. The van der Waals surface area contributed by atoms with E-state index in [9.17, 15) is 14.4 Å². The van der Waals surface area contributed by atoms with E-state index in [0.29, 0.717) is 19.1 Å². The first-order valence-corrected chi connectivity index (χ1v) is 9.64. The average molecular weight is 367 g/mol. The minimum Gasteiger partial charge on any atom is -0.465 e. The van der Waals surface area contributed by atoms with Crippen LogP contribution in [0, 0.1) is 17.3 Å². The topological polar surface area (TPSA) is 81.2 Å². The predicted octanol–water partition coefficient (Wildman–Crippen LogP) is 3.35. The third-order valence-corrected chi connectivity index (χ3v) is 5.03. The van der Waals surface area contributed by atoms with Gasteiger partial charge in [-0.2, -0.15) is 0 Å². The van der Waals surface area contributed by atoms with E-state index in [1.165, 1.54) is 16.8 Å². The third-order valence-electron chi connectivity index (χ3n) is 5.03. The summed E-state index contributed by atoms with van der Waals surface area (Å²) in [5.41, 5.74) is -1.09. The number of unbranched alkanes of at least 4 members (excludes halogenated alkanes) is 3. The summed E-state index contributed by atoms with van der Waals surface area (Å²) < 4.78 is 6.73. The number of esters is 1. The normalized spacial score (nSPS) is 13.8. The highest BCUT2D eigenvalue weighted by Crippen LogP contribution is 2.35. The number of hydrogen-bond donors (Lipinski definition) is 1. The SMILES string of the molecule is CC(C)CC(C)(C(=O)OCCCCCCn1c(=O)cc[nH]c1=O)C(C)C. The molecule has 0 aliphatic heterocycles. The summed E-state index contributed by atoms with van der Waals surface area (Å²) in [6, 6.07) is 1.35. The van der Waals surface area contributed by atoms with Gasteiger partial charge in [0, 0.05) is 18.8 Å². The molecule has 1 aromatic heterocycles. The Bertz CT molecular complexity index is 647. The second-order valence-corrected chi connectivity index (χ2v) is 7.99. The standard InChI is InChI=1S/C20H34N2O4/c1-15(2)14-20(5,16(3)4)18(24)26-13-9-7-6-8-12-22-17(23)10-11-21-19(22)25/h10-11,15-16H,6-9,12-14H2,1-5H3,(H,21,25). The number of ether oxygens (including phenoxy) is 1. The maximum Gasteiger partial charge on any atom is 0.328 e. The van der Waals surface area contributed by atoms with Crippen LogP contribution in [0.15, 0.2) is 21.9 Å². The number of nitrogens with zero attached hydrogens (tertiary/aromatic N) is 1. The molecule has 1 aromatic rings. The summed E-state index contributed by atoms with van der Waals surface area (Å²) in [6.07, 6.45) is 5.50. The monoisotopic (exact) mass is 366 g/mol.